The van der Waals surface area contributed by atoms with Crippen molar-refractivity contribution in [1.82, 2.24) is 10.6 Å². The summed E-state index contributed by atoms with van der Waals surface area (Å²) in [7, 11) is 3.21. The average molecular weight is 567 g/mol. The monoisotopic (exact) mass is 566 g/mol. The fraction of sp³-hybridized carbons (Fsp3) is 0.200. The third kappa shape index (κ3) is 3.80. The third-order valence-corrected chi connectivity index (χ3v) is 10.6. The lowest BCUT2D eigenvalue weighted by molar-refractivity contribution is -0.116. The Morgan fingerprint density at radius 2 is 1.00 bits per heavy atom. The molecule has 0 aromatic heterocycles. The summed E-state index contributed by atoms with van der Waals surface area (Å²) in [6, 6.07) is 0. The van der Waals surface area contributed by atoms with Crippen LogP contribution in [0.2, 0.25) is 0 Å². The first-order chi connectivity index (χ1) is 16.2. The largest absolute Gasteiger partial charge is 0.494 e. The van der Waals surface area contributed by atoms with Crippen LogP contribution in [0.25, 0.3) is 0 Å². The molecule has 1 aromatic carbocycles. The average Bonchev–Trinajstić information content (AvgIpc) is 3.35. The maximum absolute atomic E-state index is 12.7. The molecule has 0 saturated heterocycles. The Hall–Kier alpha value is -1.84. The molecular weight excluding hydrogens is 553 g/mol. The number of methoxy groups -OCH3 is 2. The van der Waals surface area contributed by atoms with Crippen molar-refractivity contribution in [3.63, 3.8) is 0 Å². The summed E-state index contributed by atoms with van der Waals surface area (Å²) in [5.74, 6) is 0.763. The van der Waals surface area contributed by atoms with Gasteiger partial charge in [0.05, 0.1) is 64.8 Å². The zero-order valence-corrected chi connectivity index (χ0v) is 22.9. The summed E-state index contributed by atoms with van der Waals surface area (Å²) < 4.78 is 13.2. The molecule has 174 valence electrons. The van der Waals surface area contributed by atoms with Crippen LogP contribution in [0.1, 0.15) is 13.8 Å². The minimum atomic E-state index is -0.280. The SMILES string of the molecule is COc1c2c(c(OC)c3c1SC(=C1C(=O)NC(=S)N=C1C)S3)SC(=C1C(=O)NC(=S)N=C1C)S2. The highest BCUT2D eigenvalue weighted by Gasteiger charge is 2.40. The Morgan fingerprint density at radius 3 is 1.26 bits per heavy atom. The predicted molar refractivity (Wildman–Crippen MR) is 145 cm³/mol. The van der Waals surface area contributed by atoms with E-state index in [9.17, 15) is 9.59 Å². The molecule has 2 amide bonds. The van der Waals surface area contributed by atoms with Crippen molar-refractivity contribution >= 4 is 105 Å². The molecule has 1 aromatic rings. The molecule has 14 heteroatoms. The molecule has 0 spiro atoms. The van der Waals surface area contributed by atoms with Gasteiger partial charge in [0, 0.05) is 0 Å². The van der Waals surface area contributed by atoms with Gasteiger partial charge in [0.25, 0.3) is 11.8 Å². The number of carbonyl (C=O) groups is 2. The number of amides is 2. The van der Waals surface area contributed by atoms with E-state index in [1.807, 2.05) is 0 Å². The molecule has 4 aliphatic rings. The fourth-order valence-electron chi connectivity index (χ4n) is 3.58. The molecule has 0 unspecified atom stereocenters. The highest BCUT2D eigenvalue weighted by molar-refractivity contribution is 8.26. The summed E-state index contributed by atoms with van der Waals surface area (Å²) in [5, 5.41) is 5.53. The number of fused-ring (bicyclic) bond motifs is 2. The molecule has 0 saturated carbocycles. The van der Waals surface area contributed by atoms with Gasteiger partial charge in [-0.15, -0.1) is 0 Å². The van der Waals surface area contributed by atoms with Gasteiger partial charge in [-0.05, 0) is 38.3 Å². The maximum Gasteiger partial charge on any atom is 0.261 e. The summed E-state index contributed by atoms with van der Waals surface area (Å²) in [6.07, 6.45) is 0. The van der Waals surface area contributed by atoms with Crippen LogP contribution < -0.4 is 20.1 Å². The first-order valence-corrected chi connectivity index (χ1v) is 13.7. The smallest absolute Gasteiger partial charge is 0.261 e. The Balaban J connectivity index is 1.64. The van der Waals surface area contributed by atoms with E-state index in [1.54, 1.807) is 28.1 Å². The zero-order valence-electron chi connectivity index (χ0n) is 18.0. The van der Waals surface area contributed by atoms with Crippen LogP contribution in [0, 0.1) is 0 Å². The molecule has 8 nitrogen and oxygen atoms in total. The maximum atomic E-state index is 12.7. The molecule has 4 aliphatic heterocycles. The number of benzene rings is 1. The van der Waals surface area contributed by atoms with Crippen molar-refractivity contribution in [2.45, 2.75) is 33.4 Å². The minimum Gasteiger partial charge on any atom is -0.494 e. The van der Waals surface area contributed by atoms with Crippen molar-refractivity contribution in [2.24, 2.45) is 9.98 Å². The second kappa shape index (κ2) is 8.99. The normalized spacial score (nSPS) is 19.5. The number of aliphatic imine (C=N–C) groups is 2. The molecule has 34 heavy (non-hydrogen) atoms. The second-order valence-corrected chi connectivity index (χ2v) is 12.4. The lowest BCUT2D eigenvalue weighted by Gasteiger charge is -2.15. The summed E-state index contributed by atoms with van der Waals surface area (Å²) in [4.78, 5) is 37.2. The van der Waals surface area contributed by atoms with E-state index < -0.39 is 0 Å². The van der Waals surface area contributed by atoms with E-state index in [1.165, 1.54) is 47.0 Å². The first kappa shape index (κ1) is 23.9. The van der Waals surface area contributed by atoms with Gasteiger partial charge in [-0.1, -0.05) is 47.0 Å². The Morgan fingerprint density at radius 1 is 0.676 bits per heavy atom. The number of carbonyl (C=O) groups excluding carboxylic acids is 2. The van der Waals surface area contributed by atoms with Gasteiger partial charge in [0.15, 0.2) is 10.2 Å². The van der Waals surface area contributed by atoms with E-state index in [4.69, 9.17) is 33.9 Å². The molecule has 5 rings (SSSR count). The summed E-state index contributed by atoms with van der Waals surface area (Å²) in [5.41, 5.74) is 2.09. The quantitative estimate of drug-likeness (QED) is 0.399. The number of nitrogens with zero attached hydrogens (tertiary/aromatic N) is 2. The van der Waals surface area contributed by atoms with Gasteiger partial charge in [0.2, 0.25) is 0 Å². The Labute approximate surface area is 222 Å². The van der Waals surface area contributed by atoms with Crippen LogP contribution in [-0.2, 0) is 9.59 Å². The first-order valence-electron chi connectivity index (χ1n) is 9.57. The van der Waals surface area contributed by atoms with E-state index in [-0.39, 0.29) is 22.0 Å². The number of ether oxygens (including phenoxy) is 2. The summed E-state index contributed by atoms with van der Waals surface area (Å²) >= 11 is 15.8. The van der Waals surface area contributed by atoms with Crippen molar-refractivity contribution < 1.29 is 19.1 Å². The topological polar surface area (TPSA) is 101 Å². The second-order valence-electron chi connectivity index (χ2n) is 7.03. The van der Waals surface area contributed by atoms with Crippen LogP contribution in [-0.4, -0.2) is 47.7 Å². The van der Waals surface area contributed by atoms with Gasteiger partial charge in [-0.2, -0.15) is 0 Å². The number of hydrogen-bond acceptors (Lipinski definition) is 10. The van der Waals surface area contributed by atoms with E-state index in [0.717, 1.165) is 28.1 Å². The van der Waals surface area contributed by atoms with Gasteiger partial charge >= 0.3 is 0 Å². The molecule has 4 heterocycles. The molecule has 2 N–H and O–H groups in total. The molecule has 0 bridgehead atoms. The lowest BCUT2D eigenvalue weighted by Crippen LogP contribution is -2.36. The van der Waals surface area contributed by atoms with E-state index in [2.05, 4.69) is 20.6 Å². The van der Waals surface area contributed by atoms with E-state index in [0.29, 0.717) is 34.1 Å². The van der Waals surface area contributed by atoms with Crippen LogP contribution >= 0.6 is 71.5 Å². The number of hydrogen-bond donors (Lipinski definition) is 2. The number of nitrogens with one attached hydrogen (secondary N) is 2. The predicted octanol–water partition coefficient (Wildman–Crippen LogP) is 4.27. The Kier molecular flexibility index (Phi) is 6.31. The number of thioether (sulfide) groups is 4. The van der Waals surface area contributed by atoms with Crippen molar-refractivity contribution in [2.75, 3.05) is 14.2 Å². The highest BCUT2D eigenvalue weighted by atomic mass is 32.2. The third-order valence-electron chi connectivity index (χ3n) is 4.99. The molecule has 0 fully saturated rings. The molecule has 0 aliphatic carbocycles. The fourth-order valence-corrected chi connectivity index (χ4v) is 9.97. The van der Waals surface area contributed by atoms with Gasteiger partial charge in [0.1, 0.15) is 11.5 Å². The van der Waals surface area contributed by atoms with Crippen molar-refractivity contribution in [3.05, 3.63) is 19.6 Å². The lowest BCUT2D eigenvalue weighted by atomic mass is 10.1. The number of rotatable bonds is 2. The van der Waals surface area contributed by atoms with Crippen molar-refractivity contribution in [1.29, 1.82) is 0 Å². The van der Waals surface area contributed by atoms with E-state index >= 15 is 0 Å². The van der Waals surface area contributed by atoms with Gasteiger partial charge in [-0.25, -0.2) is 9.98 Å². The molecule has 0 radical (unpaired) electrons. The summed E-state index contributed by atoms with van der Waals surface area (Å²) in [6.45, 7) is 3.53. The van der Waals surface area contributed by atoms with Crippen LogP contribution in [0.4, 0.5) is 0 Å². The van der Waals surface area contributed by atoms with Gasteiger partial charge < -0.3 is 9.47 Å². The molecular formula is C20H14N4O4S6. The molecule has 0 atom stereocenters. The van der Waals surface area contributed by atoms with Crippen LogP contribution in [0.15, 0.2) is 49.2 Å². The standard InChI is InChI=1S/C20H14N4O4S6/c1-5-7(15(25)23-19(29)21-5)17-31-11-9(27-3)13-14(10(28-4)12(11)32-17)34-18(33-13)8-6(2)22-20(30)24-16(8)26/h1-4H3,(H,23,25,29)(H,24,26,30). The number of thiocarbonyl (C=S) groups is 2. The minimum absolute atomic E-state index is 0.159. The Bertz CT molecular complexity index is 1230. The van der Waals surface area contributed by atoms with Crippen LogP contribution in [0.5, 0.6) is 11.5 Å². The van der Waals surface area contributed by atoms with Crippen molar-refractivity contribution in [3.8, 4) is 11.5 Å². The highest BCUT2D eigenvalue weighted by Crippen LogP contribution is 2.68. The van der Waals surface area contributed by atoms with Crippen LogP contribution in [0.3, 0.4) is 0 Å². The zero-order chi connectivity index (χ0) is 24.3. The van der Waals surface area contributed by atoms with Gasteiger partial charge in [-0.3, -0.25) is 20.2 Å².